The van der Waals surface area contributed by atoms with Gasteiger partial charge in [-0.05, 0) is 53.4 Å². The van der Waals surface area contributed by atoms with Crippen LogP contribution in [0, 0.1) is 0 Å². The molecule has 2 fully saturated rings. The van der Waals surface area contributed by atoms with Crippen LogP contribution in [0.2, 0.25) is 0 Å². The molecule has 46 heavy (non-hydrogen) atoms. The first-order valence-corrected chi connectivity index (χ1v) is 15.2. The number of cyclic esters (lactones) is 2. The lowest BCUT2D eigenvalue weighted by Gasteiger charge is -2.43. The molecule has 0 aliphatic carbocycles. The molecule has 6 N–H and O–H groups in total. The number of aliphatic hydroxyl groups excluding tert-OH is 6. The Kier molecular flexibility index (Phi) is 13.3. The smallest absolute Gasteiger partial charge is 0.333 e. The van der Waals surface area contributed by atoms with Gasteiger partial charge in [0.1, 0.15) is 62.0 Å². The average Bonchev–Trinajstić information content (AvgIpc) is 3.03. The summed E-state index contributed by atoms with van der Waals surface area (Å²) < 4.78 is 34.1. The molecule has 0 aromatic rings. The van der Waals surface area contributed by atoms with Gasteiger partial charge in [-0.1, -0.05) is 24.3 Å². The fourth-order valence-corrected chi connectivity index (χ4v) is 5.11. The second kappa shape index (κ2) is 16.1. The van der Waals surface area contributed by atoms with Crippen LogP contribution in [-0.4, -0.2) is 128 Å². The maximum Gasteiger partial charge on any atom is 0.333 e. The Morgan fingerprint density at radius 1 is 0.652 bits per heavy atom. The van der Waals surface area contributed by atoms with Gasteiger partial charge in [-0.3, -0.25) is 0 Å². The molecule has 3 heterocycles. The van der Waals surface area contributed by atoms with Crippen molar-refractivity contribution < 1.29 is 68.6 Å². The van der Waals surface area contributed by atoms with Gasteiger partial charge in [-0.2, -0.15) is 0 Å². The third-order valence-corrected chi connectivity index (χ3v) is 8.56. The summed E-state index contributed by atoms with van der Waals surface area (Å²) in [5, 5.41) is 63.2. The van der Waals surface area contributed by atoms with Gasteiger partial charge in [0, 0.05) is 11.1 Å². The Morgan fingerprint density at radius 3 is 1.33 bits per heavy atom. The lowest BCUT2D eigenvalue weighted by Crippen LogP contribution is -2.60. The molecule has 0 radical (unpaired) electrons. The highest BCUT2D eigenvalue weighted by Crippen LogP contribution is 2.31. The van der Waals surface area contributed by atoms with Gasteiger partial charge in [-0.15, -0.1) is 13.2 Å². The molecule has 4 bridgehead atoms. The van der Waals surface area contributed by atoms with Crippen molar-refractivity contribution in [3.05, 3.63) is 48.6 Å². The van der Waals surface area contributed by atoms with Crippen molar-refractivity contribution in [1.29, 1.82) is 0 Å². The zero-order valence-corrected chi connectivity index (χ0v) is 26.7. The molecule has 12 atom stereocenters. The summed E-state index contributed by atoms with van der Waals surface area (Å²) in [5.74, 6) is -1.44. The average molecular weight is 657 g/mol. The Hall–Kier alpha value is -2.50. The van der Waals surface area contributed by atoms with Crippen LogP contribution in [0.4, 0.5) is 0 Å². The lowest BCUT2D eigenvalue weighted by molar-refractivity contribution is -0.320. The van der Waals surface area contributed by atoms with E-state index in [1.807, 2.05) is 0 Å². The molecule has 0 aromatic carbocycles. The molecular weight excluding hydrogens is 608 g/mol. The number of rotatable bonds is 2. The van der Waals surface area contributed by atoms with E-state index in [1.54, 1.807) is 26.0 Å². The van der Waals surface area contributed by atoms with E-state index in [1.165, 1.54) is 26.0 Å². The lowest BCUT2D eigenvalue weighted by atomic mass is 9.96. The normalized spacial score (nSPS) is 45.0. The molecule has 2 saturated heterocycles. The predicted octanol–water partition coefficient (Wildman–Crippen LogP) is 0.0772. The predicted molar refractivity (Wildman–Crippen MR) is 161 cm³/mol. The minimum absolute atomic E-state index is 0.219. The maximum absolute atomic E-state index is 12.7. The van der Waals surface area contributed by atoms with Gasteiger partial charge < -0.3 is 59.1 Å². The van der Waals surface area contributed by atoms with Crippen LogP contribution in [-0.2, 0) is 38.0 Å². The standard InChI is InChI=1S/C32H48O14/c1-7-31(5)13-9-11-17(3)27(39)42-16-20-22(34)24(36)26(38)30(44-20)46-32(6,8-2)14-10-12-18(4)28(40)41-15-19-21(33)23(35)25(37)29(43-19)45-31/h7-8,11-12,19-26,29-30,33-38H,1-2,9-10,13-16H2,3-6H3/b17-11-,18-12-/t19?,20?,21-,22+,23-,24+,25-,26+,29+,30-,31?,32?. The number of carbonyl (C=O) groups is 2. The Bertz CT molecular complexity index is 1070. The molecule has 4 unspecified atom stereocenters. The minimum atomic E-state index is -1.66. The maximum atomic E-state index is 12.7. The van der Waals surface area contributed by atoms with E-state index in [0.29, 0.717) is 0 Å². The number of carbonyl (C=O) groups excluding carboxylic acids is 2. The van der Waals surface area contributed by atoms with Gasteiger partial charge in [0.2, 0.25) is 0 Å². The molecule has 0 saturated carbocycles. The van der Waals surface area contributed by atoms with Crippen molar-refractivity contribution in [1.82, 2.24) is 0 Å². The molecule has 3 rings (SSSR count). The third-order valence-electron chi connectivity index (χ3n) is 8.56. The second-order valence-electron chi connectivity index (χ2n) is 12.3. The van der Waals surface area contributed by atoms with Gasteiger partial charge in [-0.25, -0.2) is 9.59 Å². The van der Waals surface area contributed by atoms with Gasteiger partial charge in [0.25, 0.3) is 0 Å². The molecule has 260 valence electrons. The molecule has 0 aromatic heterocycles. The number of hydrogen-bond acceptors (Lipinski definition) is 14. The zero-order valence-electron chi connectivity index (χ0n) is 26.7. The number of allylic oxidation sites excluding steroid dienone is 2. The van der Waals surface area contributed by atoms with Crippen molar-refractivity contribution in [2.24, 2.45) is 0 Å². The van der Waals surface area contributed by atoms with Crippen LogP contribution >= 0.6 is 0 Å². The van der Waals surface area contributed by atoms with Crippen molar-refractivity contribution >= 4 is 11.9 Å². The van der Waals surface area contributed by atoms with Crippen LogP contribution in [0.15, 0.2) is 48.6 Å². The molecular formula is C32H48O14. The van der Waals surface area contributed by atoms with Crippen molar-refractivity contribution in [3.8, 4) is 0 Å². The molecule has 14 nitrogen and oxygen atoms in total. The highest BCUT2D eigenvalue weighted by molar-refractivity contribution is 5.88. The van der Waals surface area contributed by atoms with Crippen LogP contribution in [0.3, 0.4) is 0 Å². The second-order valence-corrected chi connectivity index (χ2v) is 12.3. The van der Waals surface area contributed by atoms with Crippen LogP contribution in [0.5, 0.6) is 0 Å². The first kappa shape index (κ1) is 38.0. The van der Waals surface area contributed by atoms with E-state index in [4.69, 9.17) is 28.4 Å². The fourth-order valence-electron chi connectivity index (χ4n) is 5.11. The van der Waals surface area contributed by atoms with Crippen LogP contribution < -0.4 is 0 Å². The Labute approximate surface area is 268 Å². The quantitative estimate of drug-likeness (QED) is 0.172. The summed E-state index contributed by atoms with van der Waals surface area (Å²) in [4.78, 5) is 25.5. The summed E-state index contributed by atoms with van der Waals surface area (Å²) in [6.45, 7) is 13.0. The SMILES string of the molecule is C=CC1(C)CC/C=C(/C)C(=O)OCC2O[C@@H](OC(C)(C=C)CC/C=C(/C)C(=O)OCC3O[C@H](O1)[C@@H](O)[C@@H](O)[C@H]3O)[C@H](O)[C@H](O)[C@@H]2O. The summed E-state index contributed by atoms with van der Waals surface area (Å²) in [7, 11) is 0. The van der Waals surface area contributed by atoms with E-state index in [-0.39, 0.29) is 36.8 Å². The monoisotopic (exact) mass is 656 g/mol. The van der Waals surface area contributed by atoms with Crippen LogP contribution in [0.25, 0.3) is 0 Å². The highest BCUT2D eigenvalue weighted by Gasteiger charge is 2.48. The van der Waals surface area contributed by atoms with Gasteiger partial charge in [0.05, 0.1) is 11.2 Å². The Balaban J connectivity index is 1.87. The summed E-state index contributed by atoms with van der Waals surface area (Å²) in [6.07, 6.45) is -7.94. The molecule has 0 spiro atoms. The topological polar surface area (TPSA) is 211 Å². The molecule has 3 aliphatic heterocycles. The Morgan fingerprint density at radius 2 is 1.00 bits per heavy atom. The van der Waals surface area contributed by atoms with Gasteiger partial charge >= 0.3 is 11.9 Å². The first-order valence-electron chi connectivity index (χ1n) is 15.2. The van der Waals surface area contributed by atoms with E-state index >= 15 is 0 Å². The van der Waals surface area contributed by atoms with Crippen molar-refractivity contribution in [2.75, 3.05) is 13.2 Å². The number of aliphatic hydroxyl groups is 6. The third kappa shape index (κ3) is 9.31. The van der Waals surface area contributed by atoms with Gasteiger partial charge in [0.15, 0.2) is 12.6 Å². The van der Waals surface area contributed by atoms with Crippen molar-refractivity contribution in [3.63, 3.8) is 0 Å². The van der Waals surface area contributed by atoms with Crippen LogP contribution in [0.1, 0.15) is 53.4 Å². The molecule has 3 aliphatic rings. The summed E-state index contributed by atoms with van der Waals surface area (Å²) >= 11 is 0. The van der Waals surface area contributed by atoms with E-state index in [0.717, 1.165) is 0 Å². The van der Waals surface area contributed by atoms with E-state index < -0.39 is 97.8 Å². The number of fused-ring (bicyclic) bond motifs is 4. The minimum Gasteiger partial charge on any atom is -0.459 e. The molecule has 14 heteroatoms. The fraction of sp³-hybridized carbons (Fsp3) is 0.688. The molecule has 0 amide bonds. The summed E-state index contributed by atoms with van der Waals surface area (Å²) in [6, 6.07) is 0. The number of hydrogen-bond donors (Lipinski definition) is 6. The number of esters is 2. The highest BCUT2D eigenvalue weighted by atomic mass is 16.7. The largest absolute Gasteiger partial charge is 0.459 e. The van der Waals surface area contributed by atoms with E-state index in [2.05, 4.69) is 13.2 Å². The number of ether oxygens (including phenoxy) is 6. The first-order chi connectivity index (χ1) is 21.5. The zero-order chi connectivity index (χ0) is 34.4. The van der Waals surface area contributed by atoms with Crippen molar-refractivity contribution in [2.45, 2.75) is 126 Å². The van der Waals surface area contributed by atoms with E-state index in [9.17, 15) is 40.2 Å². The summed E-state index contributed by atoms with van der Waals surface area (Å²) in [5.41, 5.74) is -1.82.